The minimum atomic E-state index is -0.540. The largest absolute Gasteiger partial charge is 0.496 e. The van der Waals surface area contributed by atoms with Gasteiger partial charge in [0.2, 0.25) is 5.91 Å². The summed E-state index contributed by atoms with van der Waals surface area (Å²) in [5, 5.41) is 0.445. The minimum absolute atomic E-state index is 0.0232. The molecule has 7 nitrogen and oxygen atoms in total. The van der Waals surface area contributed by atoms with Gasteiger partial charge in [-0.1, -0.05) is 30.9 Å². The second kappa shape index (κ2) is 9.28. The lowest BCUT2D eigenvalue weighted by Gasteiger charge is -2.30. The highest BCUT2D eigenvalue weighted by molar-refractivity contribution is 6.30. The molecule has 0 bridgehead atoms. The molecule has 1 aliphatic carbocycles. The molecular weight excluding hydrogens is 382 g/mol. The van der Waals surface area contributed by atoms with Crippen LogP contribution in [0.5, 0.6) is 5.75 Å². The van der Waals surface area contributed by atoms with Crippen LogP contribution in [0, 0.1) is 5.92 Å². The fourth-order valence-corrected chi connectivity index (χ4v) is 4.17. The number of amides is 3. The van der Waals surface area contributed by atoms with E-state index in [1.54, 1.807) is 11.0 Å². The van der Waals surface area contributed by atoms with E-state index in [4.69, 9.17) is 16.3 Å². The predicted molar refractivity (Wildman–Crippen MR) is 105 cm³/mol. The second-order valence-electron chi connectivity index (χ2n) is 7.31. The van der Waals surface area contributed by atoms with Crippen LogP contribution in [0.1, 0.15) is 55.3 Å². The van der Waals surface area contributed by atoms with Crippen molar-refractivity contribution >= 4 is 29.3 Å². The zero-order valence-electron chi connectivity index (χ0n) is 16.0. The van der Waals surface area contributed by atoms with Crippen molar-refractivity contribution in [3.05, 3.63) is 28.8 Å². The van der Waals surface area contributed by atoms with Crippen molar-refractivity contribution in [2.45, 2.75) is 51.0 Å². The molecule has 2 N–H and O–H groups in total. The SMILES string of the molecule is COc1cc(Cl)ccc1C(=O)NNC(=O)C1CCCN1C(=O)C1CCCCC1. The van der Waals surface area contributed by atoms with Gasteiger partial charge < -0.3 is 9.64 Å². The maximum absolute atomic E-state index is 12.8. The van der Waals surface area contributed by atoms with Gasteiger partial charge in [-0.05, 0) is 43.9 Å². The molecule has 1 saturated carbocycles. The van der Waals surface area contributed by atoms with Gasteiger partial charge in [-0.2, -0.15) is 0 Å². The van der Waals surface area contributed by atoms with E-state index >= 15 is 0 Å². The number of rotatable bonds is 4. The molecule has 28 heavy (non-hydrogen) atoms. The molecular formula is C20H26ClN3O4. The number of benzene rings is 1. The molecule has 1 atom stereocenters. The fourth-order valence-electron chi connectivity index (χ4n) is 4.01. The zero-order valence-corrected chi connectivity index (χ0v) is 16.8. The van der Waals surface area contributed by atoms with Crippen molar-refractivity contribution in [1.29, 1.82) is 0 Å². The lowest BCUT2D eigenvalue weighted by atomic mass is 9.88. The fraction of sp³-hybridized carbons (Fsp3) is 0.550. The summed E-state index contributed by atoms with van der Waals surface area (Å²) in [4.78, 5) is 39.5. The van der Waals surface area contributed by atoms with Gasteiger partial charge in [-0.3, -0.25) is 25.2 Å². The summed E-state index contributed by atoms with van der Waals surface area (Å²) in [6.07, 6.45) is 6.50. The van der Waals surface area contributed by atoms with Crippen LogP contribution < -0.4 is 15.6 Å². The van der Waals surface area contributed by atoms with Crippen molar-refractivity contribution in [3.63, 3.8) is 0 Å². The highest BCUT2D eigenvalue weighted by Gasteiger charge is 2.37. The smallest absolute Gasteiger partial charge is 0.273 e. The van der Waals surface area contributed by atoms with Gasteiger partial charge in [0.15, 0.2) is 0 Å². The first-order valence-corrected chi connectivity index (χ1v) is 10.1. The molecule has 0 aromatic heterocycles. The van der Waals surface area contributed by atoms with Gasteiger partial charge in [0, 0.05) is 17.5 Å². The van der Waals surface area contributed by atoms with Gasteiger partial charge in [0.05, 0.1) is 12.7 Å². The minimum Gasteiger partial charge on any atom is -0.496 e. The van der Waals surface area contributed by atoms with E-state index in [1.165, 1.54) is 25.7 Å². The quantitative estimate of drug-likeness (QED) is 0.751. The summed E-state index contributed by atoms with van der Waals surface area (Å²) in [6.45, 7) is 0.590. The first-order chi connectivity index (χ1) is 13.5. The molecule has 1 saturated heterocycles. The Morgan fingerprint density at radius 2 is 1.82 bits per heavy atom. The highest BCUT2D eigenvalue weighted by atomic mass is 35.5. The average molecular weight is 408 g/mol. The molecule has 0 spiro atoms. The summed E-state index contributed by atoms with van der Waals surface area (Å²) in [5.41, 5.74) is 5.12. The molecule has 0 radical (unpaired) electrons. The molecule has 2 aliphatic rings. The van der Waals surface area contributed by atoms with Crippen LogP contribution in [0.2, 0.25) is 5.02 Å². The molecule has 1 unspecified atom stereocenters. The van der Waals surface area contributed by atoms with E-state index in [2.05, 4.69) is 10.9 Å². The van der Waals surface area contributed by atoms with Crippen molar-refractivity contribution in [1.82, 2.24) is 15.8 Å². The normalized spacial score (nSPS) is 19.9. The van der Waals surface area contributed by atoms with Crippen LogP contribution >= 0.6 is 11.6 Å². The maximum atomic E-state index is 12.8. The average Bonchev–Trinajstić information content (AvgIpc) is 3.21. The van der Waals surface area contributed by atoms with E-state index in [0.717, 1.165) is 32.1 Å². The predicted octanol–water partition coefficient (Wildman–Crippen LogP) is 2.68. The number of methoxy groups -OCH3 is 1. The third-order valence-corrected chi connectivity index (χ3v) is 5.74. The number of carbonyl (C=O) groups is 3. The monoisotopic (exact) mass is 407 g/mol. The lowest BCUT2D eigenvalue weighted by molar-refractivity contribution is -0.142. The topological polar surface area (TPSA) is 87.7 Å². The first kappa shape index (κ1) is 20.5. The van der Waals surface area contributed by atoms with Crippen molar-refractivity contribution in [2.24, 2.45) is 5.92 Å². The first-order valence-electron chi connectivity index (χ1n) is 9.75. The second-order valence-corrected chi connectivity index (χ2v) is 7.75. The molecule has 3 rings (SSSR count). The zero-order chi connectivity index (χ0) is 20.1. The van der Waals surface area contributed by atoms with Gasteiger partial charge >= 0.3 is 0 Å². The number of ether oxygens (including phenoxy) is 1. The van der Waals surface area contributed by atoms with Gasteiger partial charge in [0.25, 0.3) is 11.8 Å². The highest BCUT2D eigenvalue weighted by Crippen LogP contribution is 2.29. The molecule has 1 aliphatic heterocycles. The Labute approximate surface area is 169 Å². The van der Waals surface area contributed by atoms with E-state index < -0.39 is 11.9 Å². The van der Waals surface area contributed by atoms with E-state index in [0.29, 0.717) is 23.7 Å². The molecule has 8 heteroatoms. The number of likely N-dealkylation sites (tertiary alicyclic amines) is 1. The molecule has 152 valence electrons. The van der Waals surface area contributed by atoms with Crippen LogP contribution in [-0.2, 0) is 9.59 Å². The van der Waals surface area contributed by atoms with Crippen LogP contribution in [0.25, 0.3) is 0 Å². The van der Waals surface area contributed by atoms with Crippen molar-refractivity contribution in [2.75, 3.05) is 13.7 Å². The third-order valence-electron chi connectivity index (χ3n) is 5.50. The Bertz CT molecular complexity index is 749. The van der Waals surface area contributed by atoms with Crippen LogP contribution in [-0.4, -0.2) is 42.3 Å². The number of nitrogens with one attached hydrogen (secondary N) is 2. The molecule has 2 fully saturated rings. The number of hydrogen-bond acceptors (Lipinski definition) is 4. The standard InChI is InChI=1S/C20H26ClN3O4/c1-28-17-12-14(21)9-10-15(17)18(25)22-23-19(26)16-8-5-11-24(16)20(27)13-6-3-2-4-7-13/h9-10,12-13,16H,2-8,11H2,1H3,(H,22,25)(H,23,26). The van der Waals surface area contributed by atoms with Crippen LogP contribution in [0.4, 0.5) is 0 Å². The summed E-state index contributed by atoms with van der Waals surface area (Å²) >= 11 is 5.90. The summed E-state index contributed by atoms with van der Waals surface area (Å²) in [7, 11) is 1.44. The Kier molecular flexibility index (Phi) is 6.78. The third kappa shape index (κ3) is 4.58. The number of nitrogens with zero attached hydrogens (tertiary/aromatic N) is 1. The Morgan fingerprint density at radius 1 is 1.07 bits per heavy atom. The Balaban J connectivity index is 1.59. The van der Waals surface area contributed by atoms with Crippen LogP contribution in [0.15, 0.2) is 18.2 Å². The van der Waals surface area contributed by atoms with Crippen molar-refractivity contribution in [3.8, 4) is 5.75 Å². The summed E-state index contributed by atoms with van der Waals surface area (Å²) in [6, 6.07) is 4.08. The number of hydrogen-bond donors (Lipinski definition) is 2. The number of hydrazine groups is 1. The Morgan fingerprint density at radius 3 is 2.54 bits per heavy atom. The Hall–Kier alpha value is -2.28. The van der Waals surface area contributed by atoms with Crippen LogP contribution in [0.3, 0.4) is 0 Å². The summed E-state index contributed by atoms with van der Waals surface area (Å²) in [5.74, 6) is -0.472. The molecule has 1 aromatic carbocycles. The molecule has 1 aromatic rings. The summed E-state index contributed by atoms with van der Waals surface area (Å²) < 4.78 is 5.16. The maximum Gasteiger partial charge on any atom is 0.273 e. The number of halogens is 1. The van der Waals surface area contributed by atoms with Gasteiger partial charge in [-0.25, -0.2) is 0 Å². The van der Waals surface area contributed by atoms with Gasteiger partial charge in [-0.15, -0.1) is 0 Å². The van der Waals surface area contributed by atoms with E-state index in [9.17, 15) is 14.4 Å². The lowest BCUT2D eigenvalue weighted by Crippen LogP contribution is -2.52. The van der Waals surface area contributed by atoms with Crippen molar-refractivity contribution < 1.29 is 19.1 Å². The van der Waals surface area contributed by atoms with E-state index in [1.807, 2.05) is 0 Å². The van der Waals surface area contributed by atoms with Gasteiger partial charge in [0.1, 0.15) is 11.8 Å². The number of carbonyl (C=O) groups excluding carboxylic acids is 3. The molecule has 3 amide bonds. The van der Waals surface area contributed by atoms with E-state index in [-0.39, 0.29) is 23.3 Å². The molecule has 1 heterocycles.